The summed E-state index contributed by atoms with van der Waals surface area (Å²) in [5.74, 6) is 1.38. The van der Waals surface area contributed by atoms with Gasteiger partial charge in [0.15, 0.2) is 17.3 Å². The molecule has 0 spiro atoms. The average molecular weight is 604 g/mol. The van der Waals surface area contributed by atoms with Gasteiger partial charge in [-0.25, -0.2) is 9.46 Å². The van der Waals surface area contributed by atoms with Gasteiger partial charge >= 0.3 is 5.69 Å². The molecule has 2 aliphatic rings. The van der Waals surface area contributed by atoms with E-state index >= 15 is 0 Å². The second kappa shape index (κ2) is 14.3. The number of fused-ring (bicyclic) bond motifs is 2. The first-order valence-corrected chi connectivity index (χ1v) is 15.0. The molecule has 0 bridgehead atoms. The number of rotatable bonds is 13. The molecular formula is C28H39N6O7P. The number of ether oxygens (including phenoxy) is 3. The van der Waals surface area contributed by atoms with Gasteiger partial charge in [0, 0.05) is 26.8 Å². The molecule has 2 unspecified atom stereocenters. The monoisotopic (exact) mass is 603 g/mol. The van der Waals surface area contributed by atoms with Crippen LogP contribution >= 0.6 is 8.53 Å². The number of hydrogen-bond acceptors (Lipinski definition) is 11. The summed E-state index contributed by atoms with van der Waals surface area (Å²) in [5.41, 5.74) is -0.0396. The van der Waals surface area contributed by atoms with Crippen molar-refractivity contribution in [2.24, 2.45) is 0 Å². The average Bonchev–Trinajstić information content (AvgIpc) is 3.36. The lowest BCUT2D eigenvalue weighted by Crippen LogP contribution is -2.35. The quantitative estimate of drug-likeness (QED) is 0.209. The highest BCUT2D eigenvalue weighted by molar-refractivity contribution is 7.44. The van der Waals surface area contributed by atoms with E-state index < -0.39 is 32.7 Å². The van der Waals surface area contributed by atoms with Gasteiger partial charge in [-0.05, 0) is 46.7 Å². The Labute approximate surface area is 248 Å². The number of hydrogen-bond donors (Lipinski definition) is 2. The van der Waals surface area contributed by atoms with Crippen LogP contribution in [-0.2, 0) is 18.6 Å². The molecule has 13 nitrogen and oxygen atoms in total. The Morgan fingerprint density at radius 3 is 2.81 bits per heavy atom. The number of carbonyl (C=O) groups excluding carboxylic acids is 1. The molecule has 4 rings (SSSR count). The van der Waals surface area contributed by atoms with E-state index in [0.29, 0.717) is 35.9 Å². The van der Waals surface area contributed by atoms with Crippen molar-refractivity contribution in [2.45, 2.75) is 84.9 Å². The molecule has 1 fully saturated rings. The molecule has 14 heteroatoms. The van der Waals surface area contributed by atoms with Gasteiger partial charge in [0.1, 0.15) is 24.3 Å². The summed E-state index contributed by atoms with van der Waals surface area (Å²) in [5, 5.41) is 14.8. The minimum Gasteiger partial charge on any atom is -0.489 e. The SMILES string of the molecule is [2H]C[C@H]1O[C@@H](n2cc3c(nc2=O)Nc2c(OCCNC(C)=O)cccc2O3)CC1OP(OCCC#N)N(C(C)C)C(C)C. The van der Waals surface area contributed by atoms with Crippen molar-refractivity contribution in [3.05, 3.63) is 34.9 Å². The standard InChI is InChI=1S/C28H39N6O7P/c1-17(2)34(18(3)4)42(38-13-8-11-29)41-23-15-25(39-19(23)5)33-16-24-27(32-28(33)36)31-26-21(9-7-10-22(26)40-24)37-14-12-30-20(6)35/h7,9-10,16-19,23,25H,8,12-15H2,1-6H3,(H,30,35)(H,31,32,36)/t19-,23?,25-,42?/m1/s1/i5D. The summed E-state index contributed by atoms with van der Waals surface area (Å²) in [6.07, 6.45) is 0.216. The maximum atomic E-state index is 13.2. The van der Waals surface area contributed by atoms with Crippen molar-refractivity contribution in [1.82, 2.24) is 19.5 Å². The number of para-hydroxylation sites is 1. The normalized spacial score (nSPS) is 20.3. The van der Waals surface area contributed by atoms with Crippen LogP contribution in [0.4, 0.5) is 11.5 Å². The van der Waals surface area contributed by atoms with Crippen LogP contribution in [0.5, 0.6) is 17.2 Å². The number of amides is 1. The van der Waals surface area contributed by atoms with E-state index in [1.807, 2.05) is 27.7 Å². The van der Waals surface area contributed by atoms with Crippen molar-refractivity contribution in [1.29, 1.82) is 5.26 Å². The Hall–Kier alpha value is -3.27. The van der Waals surface area contributed by atoms with Gasteiger partial charge in [-0.1, -0.05) is 6.07 Å². The number of carbonyl (C=O) groups is 1. The highest BCUT2D eigenvalue weighted by Gasteiger charge is 2.40. The molecule has 1 aromatic heterocycles. The molecule has 0 aliphatic carbocycles. The lowest BCUT2D eigenvalue weighted by molar-refractivity contribution is -0.119. The first-order valence-electron chi connectivity index (χ1n) is 14.6. The first kappa shape index (κ1) is 30.2. The smallest absolute Gasteiger partial charge is 0.351 e. The highest BCUT2D eigenvalue weighted by Crippen LogP contribution is 2.50. The molecule has 228 valence electrons. The van der Waals surface area contributed by atoms with Crippen molar-refractivity contribution in [3.8, 4) is 23.3 Å². The van der Waals surface area contributed by atoms with E-state index in [4.69, 9.17) is 29.9 Å². The number of nitrogens with zero attached hydrogens (tertiary/aromatic N) is 4. The second-order valence-electron chi connectivity index (χ2n) is 10.4. The van der Waals surface area contributed by atoms with Gasteiger partial charge in [-0.2, -0.15) is 10.2 Å². The molecule has 3 heterocycles. The molecular weight excluding hydrogens is 563 g/mol. The van der Waals surface area contributed by atoms with Gasteiger partial charge in [0.2, 0.25) is 5.91 Å². The van der Waals surface area contributed by atoms with Gasteiger partial charge in [0.25, 0.3) is 8.53 Å². The van der Waals surface area contributed by atoms with Crippen LogP contribution in [0, 0.1) is 11.3 Å². The molecule has 2 N–H and O–H groups in total. The van der Waals surface area contributed by atoms with E-state index in [0.717, 1.165) is 0 Å². The topological polar surface area (TPSA) is 149 Å². The molecule has 4 atom stereocenters. The van der Waals surface area contributed by atoms with Crippen LogP contribution in [0.15, 0.2) is 29.2 Å². The van der Waals surface area contributed by atoms with Gasteiger partial charge in [-0.15, -0.1) is 0 Å². The van der Waals surface area contributed by atoms with Crippen molar-refractivity contribution in [2.75, 3.05) is 25.1 Å². The molecule has 1 saturated heterocycles. The lowest BCUT2D eigenvalue weighted by Gasteiger charge is -2.37. The Balaban J connectivity index is 1.51. The molecule has 2 aliphatic heterocycles. The minimum atomic E-state index is -1.55. The number of nitriles is 1. The molecule has 1 amide bonds. The minimum absolute atomic E-state index is 0.0742. The van der Waals surface area contributed by atoms with Crippen molar-refractivity contribution >= 4 is 25.9 Å². The predicted molar refractivity (Wildman–Crippen MR) is 157 cm³/mol. The van der Waals surface area contributed by atoms with E-state index in [1.165, 1.54) is 11.5 Å². The Morgan fingerprint density at radius 2 is 2.12 bits per heavy atom. The summed E-state index contributed by atoms with van der Waals surface area (Å²) < 4.78 is 42.1. The lowest BCUT2D eigenvalue weighted by atomic mass is 10.2. The van der Waals surface area contributed by atoms with Crippen LogP contribution < -0.4 is 25.8 Å². The van der Waals surface area contributed by atoms with E-state index in [1.54, 1.807) is 24.4 Å². The zero-order chi connectivity index (χ0) is 31.1. The van der Waals surface area contributed by atoms with Crippen LogP contribution in [-0.4, -0.2) is 64.2 Å². The first-order chi connectivity index (χ1) is 20.6. The molecule has 0 radical (unpaired) electrons. The summed E-state index contributed by atoms with van der Waals surface area (Å²) in [7, 11) is -1.55. The zero-order valence-electron chi connectivity index (χ0n) is 25.5. The predicted octanol–water partition coefficient (Wildman–Crippen LogP) is 4.58. The molecule has 2 aromatic rings. The van der Waals surface area contributed by atoms with Gasteiger partial charge in [0.05, 0.1) is 44.0 Å². The fourth-order valence-corrected chi connectivity index (χ4v) is 6.44. The highest BCUT2D eigenvalue weighted by atomic mass is 31.2. The van der Waals surface area contributed by atoms with Gasteiger partial charge in [-0.3, -0.25) is 9.36 Å². The number of aromatic nitrogens is 2. The van der Waals surface area contributed by atoms with Crippen LogP contribution in [0.3, 0.4) is 0 Å². The summed E-state index contributed by atoms with van der Waals surface area (Å²) in [6, 6.07) is 7.61. The zero-order valence-corrected chi connectivity index (χ0v) is 25.4. The summed E-state index contributed by atoms with van der Waals surface area (Å²) in [4.78, 5) is 28.5. The van der Waals surface area contributed by atoms with Crippen molar-refractivity contribution in [3.63, 3.8) is 0 Å². The fourth-order valence-electron chi connectivity index (χ4n) is 4.68. The molecule has 1 aromatic carbocycles. The number of benzene rings is 1. The molecule has 0 saturated carbocycles. The largest absolute Gasteiger partial charge is 0.489 e. The third kappa shape index (κ3) is 7.56. The van der Waals surface area contributed by atoms with E-state index in [9.17, 15) is 9.59 Å². The number of anilines is 2. The Kier molecular flexibility index (Phi) is 10.3. The van der Waals surface area contributed by atoms with Crippen molar-refractivity contribution < 1.29 is 29.4 Å². The van der Waals surface area contributed by atoms with Crippen LogP contribution in [0.1, 0.15) is 62.0 Å². The number of nitrogens with one attached hydrogen (secondary N) is 2. The third-order valence-electron chi connectivity index (χ3n) is 6.48. The Morgan fingerprint density at radius 1 is 1.33 bits per heavy atom. The Bertz CT molecular complexity index is 1360. The van der Waals surface area contributed by atoms with Crippen LogP contribution in [0.25, 0.3) is 0 Å². The maximum absolute atomic E-state index is 13.2. The van der Waals surface area contributed by atoms with E-state index in [-0.39, 0.29) is 50.3 Å². The maximum Gasteiger partial charge on any atom is 0.351 e. The van der Waals surface area contributed by atoms with Gasteiger partial charge < -0.3 is 33.9 Å². The molecule has 42 heavy (non-hydrogen) atoms. The fraction of sp³-hybridized carbons (Fsp3) is 0.571. The van der Waals surface area contributed by atoms with E-state index in [2.05, 4.69) is 26.4 Å². The third-order valence-corrected chi connectivity index (χ3v) is 8.64. The van der Waals surface area contributed by atoms with Crippen LogP contribution in [0.2, 0.25) is 0 Å². The summed E-state index contributed by atoms with van der Waals surface area (Å²) in [6.45, 7) is 10.4. The second-order valence-corrected chi connectivity index (χ2v) is 11.8. The summed E-state index contributed by atoms with van der Waals surface area (Å²) >= 11 is 0.